The monoisotopic (exact) mass is 268 g/mol. The van der Waals surface area contributed by atoms with Gasteiger partial charge in [0.05, 0.1) is 15.7 Å². The van der Waals surface area contributed by atoms with Crippen LogP contribution in [0.15, 0.2) is 33.7 Å². The number of hydrogen-bond acceptors (Lipinski definition) is 4. The number of nitrogens with zero attached hydrogens (tertiary/aromatic N) is 2. The van der Waals surface area contributed by atoms with Crippen molar-refractivity contribution in [3.63, 3.8) is 0 Å². The maximum atomic E-state index is 13.4. The molecule has 0 aliphatic heterocycles. The van der Waals surface area contributed by atoms with Gasteiger partial charge < -0.3 is 4.52 Å². The van der Waals surface area contributed by atoms with Crippen LogP contribution in [0.5, 0.6) is 0 Å². The average molecular weight is 268 g/mol. The Balaban J connectivity index is 2.14. The summed E-state index contributed by atoms with van der Waals surface area (Å²) in [6.07, 6.45) is 0. The molecule has 18 heavy (non-hydrogen) atoms. The van der Waals surface area contributed by atoms with Gasteiger partial charge in [0.15, 0.2) is 5.82 Å². The summed E-state index contributed by atoms with van der Waals surface area (Å²) in [5, 5.41) is 3.77. The summed E-state index contributed by atoms with van der Waals surface area (Å²) in [7, 11) is -1.52. The van der Waals surface area contributed by atoms with E-state index >= 15 is 0 Å². The number of hydrogen-bond donors (Lipinski definition) is 0. The maximum absolute atomic E-state index is 13.4. The fraction of sp³-hybridized carbons (Fsp3) is 0.333. The molecule has 6 heteroatoms. The minimum Gasteiger partial charge on any atom is -0.338 e. The lowest BCUT2D eigenvalue weighted by Gasteiger charge is -2.00. The summed E-state index contributed by atoms with van der Waals surface area (Å²) < 4.78 is 30.4. The third-order valence-corrected chi connectivity index (χ3v) is 3.67. The highest BCUT2D eigenvalue weighted by Gasteiger charge is 2.15. The van der Waals surface area contributed by atoms with Crippen LogP contribution in [0.4, 0.5) is 4.39 Å². The molecule has 0 fully saturated rings. The van der Waals surface area contributed by atoms with Gasteiger partial charge in [-0.05, 0) is 12.1 Å². The number of halogens is 1. The Hall–Kier alpha value is -1.56. The van der Waals surface area contributed by atoms with Gasteiger partial charge in [-0.25, -0.2) is 4.39 Å². The van der Waals surface area contributed by atoms with Gasteiger partial charge in [-0.1, -0.05) is 31.1 Å². The summed E-state index contributed by atoms with van der Waals surface area (Å²) in [4.78, 5) is 4.27. The maximum Gasteiger partial charge on any atom is 0.239 e. The highest BCUT2D eigenvalue weighted by atomic mass is 32.2. The quantitative estimate of drug-likeness (QED) is 0.855. The van der Waals surface area contributed by atoms with Gasteiger partial charge in [-0.15, -0.1) is 0 Å². The molecule has 1 aromatic carbocycles. The van der Waals surface area contributed by atoms with Gasteiger partial charge in [-0.2, -0.15) is 4.98 Å². The second kappa shape index (κ2) is 5.39. The second-order valence-electron chi connectivity index (χ2n) is 4.12. The molecule has 1 aromatic heterocycles. The van der Waals surface area contributed by atoms with E-state index < -0.39 is 16.6 Å². The Kier molecular flexibility index (Phi) is 3.86. The van der Waals surface area contributed by atoms with Crippen molar-refractivity contribution in [3.05, 3.63) is 41.8 Å². The second-order valence-corrected chi connectivity index (χ2v) is 5.54. The third-order valence-electron chi connectivity index (χ3n) is 2.34. The molecule has 0 amide bonds. The normalized spacial score (nSPS) is 12.9. The van der Waals surface area contributed by atoms with E-state index in [1.54, 1.807) is 12.1 Å². The smallest absolute Gasteiger partial charge is 0.239 e. The van der Waals surface area contributed by atoms with Crippen LogP contribution in [0.25, 0.3) is 0 Å². The highest BCUT2D eigenvalue weighted by Crippen LogP contribution is 2.16. The van der Waals surface area contributed by atoms with E-state index in [9.17, 15) is 8.60 Å². The first-order chi connectivity index (χ1) is 8.58. The Labute approximate surface area is 107 Å². The van der Waals surface area contributed by atoms with Crippen LogP contribution < -0.4 is 0 Å². The van der Waals surface area contributed by atoms with Gasteiger partial charge >= 0.3 is 0 Å². The molecule has 0 saturated heterocycles. The lowest BCUT2D eigenvalue weighted by molar-refractivity contribution is 0.382. The van der Waals surface area contributed by atoms with Crippen LogP contribution in [-0.4, -0.2) is 14.3 Å². The van der Waals surface area contributed by atoms with Crippen molar-refractivity contribution in [3.8, 4) is 0 Å². The van der Waals surface area contributed by atoms with E-state index in [1.165, 1.54) is 12.1 Å². The van der Waals surface area contributed by atoms with Crippen LogP contribution in [-0.2, 0) is 16.6 Å². The Morgan fingerprint density at radius 3 is 2.72 bits per heavy atom. The molecule has 0 radical (unpaired) electrons. The Bertz CT molecular complexity index is 569. The van der Waals surface area contributed by atoms with Gasteiger partial charge in [0.25, 0.3) is 0 Å². The lowest BCUT2D eigenvalue weighted by Crippen LogP contribution is -2.00. The topological polar surface area (TPSA) is 56.0 Å². The molecule has 0 spiro atoms. The lowest BCUT2D eigenvalue weighted by atomic mass is 10.2. The van der Waals surface area contributed by atoms with Crippen molar-refractivity contribution < 1.29 is 13.1 Å². The van der Waals surface area contributed by atoms with E-state index in [0.717, 1.165) is 0 Å². The summed E-state index contributed by atoms with van der Waals surface area (Å²) >= 11 is 0. The first-order valence-corrected chi connectivity index (χ1v) is 6.85. The molecule has 1 atom stereocenters. The molecule has 0 aliphatic carbocycles. The molecule has 0 saturated carbocycles. The summed E-state index contributed by atoms with van der Waals surface area (Å²) in [5.74, 6) is 0.514. The summed E-state index contributed by atoms with van der Waals surface area (Å²) in [5.41, 5.74) is 0. The van der Waals surface area contributed by atoms with Crippen LogP contribution in [0, 0.1) is 5.82 Å². The zero-order chi connectivity index (χ0) is 13.1. The van der Waals surface area contributed by atoms with Gasteiger partial charge in [-0.3, -0.25) is 4.21 Å². The number of rotatable bonds is 4. The zero-order valence-corrected chi connectivity index (χ0v) is 10.9. The first kappa shape index (κ1) is 12.9. The van der Waals surface area contributed by atoms with Crippen molar-refractivity contribution in [2.24, 2.45) is 0 Å². The molecule has 0 N–H and O–H groups in total. The molecule has 0 aliphatic rings. The van der Waals surface area contributed by atoms with Crippen LogP contribution >= 0.6 is 0 Å². The van der Waals surface area contributed by atoms with Crippen molar-refractivity contribution >= 4 is 10.8 Å². The first-order valence-electron chi connectivity index (χ1n) is 5.53. The van der Waals surface area contributed by atoms with Crippen molar-refractivity contribution in [2.75, 3.05) is 0 Å². The van der Waals surface area contributed by atoms with Crippen LogP contribution in [0.1, 0.15) is 31.5 Å². The van der Waals surface area contributed by atoms with Crippen molar-refractivity contribution in [2.45, 2.75) is 30.4 Å². The average Bonchev–Trinajstić information content (AvgIpc) is 2.78. The standard InChI is InChI=1S/C12H13FN2O2S/c1-8(2)12-14-11(17-15-12)7-18(16)10-6-4-3-5-9(10)13/h3-6,8H,7H2,1-2H3. The predicted molar refractivity (Wildman–Crippen MR) is 64.9 cm³/mol. The van der Waals surface area contributed by atoms with Gasteiger partial charge in [0, 0.05) is 5.92 Å². The molecule has 1 unspecified atom stereocenters. The predicted octanol–water partition coefficient (Wildman–Crippen LogP) is 2.64. The minimum absolute atomic E-state index is 0.0284. The fourth-order valence-corrected chi connectivity index (χ4v) is 2.39. The van der Waals surface area contributed by atoms with E-state index in [4.69, 9.17) is 4.52 Å². The molecule has 1 heterocycles. The van der Waals surface area contributed by atoms with Crippen LogP contribution in [0.2, 0.25) is 0 Å². The largest absolute Gasteiger partial charge is 0.338 e. The third kappa shape index (κ3) is 2.81. The molecular weight excluding hydrogens is 255 g/mol. The Morgan fingerprint density at radius 1 is 1.39 bits per heavy atom. The highest BCUT2D eigenvalue weighted by molar-refractivity contribution is 7.84. The zero-order valence-electron chi connectivity index (χ0n) is 10.1. The van der Waals surface area contributed by atoms with Gasteiger partial charge in [0.2, 0.25) is 5.89 Å². The number of benzene rings is 1. The summed E-state index contributed by atoms with van der Waals surface area (Å²) in [6.45, 7) is 3.87. The SMILES string of the molecule is CC(C)c1noc(CS(=O)c2ccccc2F)n1. The van der Waals surface area contributed by atoms with E-state index in [0.29, 0.717) is 5.82 Å². The summed E-state index contributed by atoms with van der Waals surface area (Å²) in [6, 6.07) is 5.97. The van der Waals surface area contributed by atoms with Crippen molar-refractivity contribution in [1.29, 1.82) is 0 Å². The van der Waals surface area contributed by atoms with Crippen molar-refractivity contribution in [1.82, 2.24) is 10.1 Å². The van der Waals surface area contributed by atoms with E-state index in [-0.39, 0.29) is 22.5 Å². The van der Waals surface area contributed by atoms with E-state index in [2.05, 4.69) is 10.1 Å². The van der Waals surface area contributed by atoms with Crippen LogP contribution in [0.3, 0.4) is 0 Å². The van der Waals surface area contributed by atoms with Gasteiger partial charge in [0.1, 0.15) is 11.6 Å². The molecule has 96 valence electrons. The molecular formula is C12H13FN2O2S. The molecule has 2 aromatic rings. The minimum atomic E-state index is -1.52. The Morgan fingerprint density at radius 2 is 2.11 bits per heavy atom. The number of aromatic nitrogens is 2. The molecule has 4 nitrogen and oxygen atoms in total. The molecule has 0 bridgehead atoms. The fourth-order valence-electron chi connectivity index (χ4n) is 1.38. The molecule has 2 rings (SSSR count). The van der Waals surface area contributed by atoms with E-state index in [1.807, 2.05) is 13.8 Å².